The Kier molecular flexibility index (Phi) is 2.78. The van der Waals surface area contributed by atoms with Gasteiger partial charge in [0.25, 0.3) is 0 Å². The van der Waals surface area contributed by atoms with E-state index >= 15 is 0 Å². The van der Waals surface area contributed by atoms with Gasteiger partial charge in [-0.05, 0) is 37.3 Å². The molecule has 0 aromatic rings. The lowest BCUT2D eigenvalue weighted by Crippen LogP contribution is -1.95. The molecule has 0 saturated heterocycles. The lowest BCUT2D eigenvalue weighted by molar-refractivity contribution is 0.697. The molecule has 0 aromatic carbocycles. The molecule has 0 amide bonds. The molecule has 0 bridgehead atoms. The van der Waals surface area contributed by atoms with Gasteiger partial charge in [-0.1, -0.05) is 12.5 Å². The largest absolute Gasteiger partial charge is 0.128 e. The summed E-state index contributed by atoms with van der Waals surface area (Å²) in [7, 11) is 0. The molecule has 1 rings (SSSR count). The summed E-state index contributed by atoms with van der Waals surface area (Å²) in [5, 5.41) is 0. The predicted octanol–water partition coefficient (Wildman–Crippen LogP) is 2.83. The van der Waals surface area contributed by atoms with Crippen molar-refractivity contribution in [1.29, 1.82) is 0 Å². The topological polar surface area (TPSA) is 0 Å². The van der Waals surface area contributed by atoms with Crippen LogP contribution in [0, 0.1) is 12.3 Å². The Labute approximate surface area is 68.3 Å². The molecule has 0 atom stereocenters. The molecule has 0 radical (unpaired) electrons. The molecule has 1 aliphatic carbocycles. The highest BCUT2D eigenvalue weighted by Gasteiger charge is 2.07. The summed E-state index contributed by atoms with van der Waals surface area (Å²) >= 11 is 0. The Bertz CT molecular complexity index is 254. The van der Waals surface area contributed by atoms with Gasteiger partial charge in [0.15, 0.2) is 0 Å². The average Bonchev–Trinajstić information content (AvgIpc) is 2.06. The van der Waals surface area contributed by atoms with Crippen LogP contribution < -0.4 is 0 Å². The zero-order valence-electron chi connectivity index (χ0n) is 6.69. The quantitative estimate of drug-likeness (QED) is 0.392. The summed E-state index contributed by atoms with van der Waals surface area (Å²) < 4.78 is 0. The Morgan fingerprint density at radius 1 is 1.36 bits per heavy atom. The lowest BCUT2D eigenvalue weighted by Gasteiger charge is -2.12. The van der Waals surface area contributed by atoms with Crippen LogP contribution >= 0.6 is 0 Å². The van der Waals surface area contributed by atoms with Gasteiger partial charge in [0.2, 0.25) is 0 Å². The van der Waals surface area contributed by atoms with E-state index in [1.54, 1.807) is 0 Å². The summed E-state index contributed by atoms with van der Waals surface area (Å²) in [6, 6.07) is 0. The van der Waals surface area contributed by atoms with E-state index in [4.69, 9.17) is 6.42 Å². The first kappa shape index (κ1) is 7.92. The SMILES string of the molecule is C#CC1=C(C=C=C)CCCC1. The maximum Gasteiger partial charge on any atom is 0.00557 e. The van der Waals surface area contributed by atoms with E-state index in [1.807, 2.05) is 6.08 Å². The zero-order valence-corrected chi connectivity index (χ0v) is 6.69. The summed E-state index contributed by atoms with van der Waals surface area (Å²) in [5.41, 5.74) is 5.18. The van der Waals surface area contributed by atoms with Crippen molar-refractivity contribution < 1.29 is 0 Å². The molecule has 0 heterocycles. The van der Waals surface area contributed by atoms with E-state index in [0.717, 1.165) is 18.4 Å². The molecule has 0 spiro atoms. The van der Waals surface area contributed by atoms with Crippen LogP contribution in [0.4, 0.5) is 0 Å². The van der Waals surface area contributed by atoms with Crippen molar-refractivity contribution in [2.75, 3.05) is 0 Å². The van der Waals surface area contributed by atoms with E-state index in [9.17, 15) is 0 Å². The Morgan fingerprint density at radius 2 is 2.09 bits per heavy atom. The lowest BCUT2D eigenvalue weighted by atomic mass is 9.92. The first-order chi connectivity index (χ1) is 5.38. The van der Waals surface area contributed by atoms with Crippen LogP contribution in [0.15, 0.2) is 29.5 Å². The predicted molar refractivity (Wildman–Crippen MR) is 48.0 cm³/mol. The van der Waals surface area contributed by atoms with Gasteiger partial charge in [-0.15, -0.1) is 12.2 Å². The van der Waals surface area contributed by atoms with E-state index in [2.05, 4.69) is 18.2 Å². The van der Waals surface area contributed by atoms with Crippen LogP contribution in [0.5, 0.6) is 0 Å². The molecule has 1 aliphatic rings. The highest BCUT2D eigenvalue weighted by molar-refractivity contribution is 5.38. The van der Waals surface area contributed by atoms with Crippen molar-refractivity contribution in [2.24, 2.45) is 0 Å². The number of allylic oxidation sites excluding steroid dienone is 3. The first-order valence-corrected chi connectivity index (χ1v) is 3.93. The highest BCUT2D eigenvalue weighted by atomic mass is 14.1. The smallest absolute Gasteiger partial charge is 0.00557 e. The second-order valence-electron chi connectivity index (χ2n) is 2.70. The summed E-state index contributed by atoms with van der Waals surface area (Å²) in [5.74, 6) is 2.72. The molecule has 0 saturated carbocycles. The second-order valence-corrected chi connectivity index (χ2v) is 2.70. The van der Waals surface area contributed by atoms with Gasteiger partial charge < -0.3 is 0 Å². The minimum Gasteiger partial charge on any atom is -0.128 e. The van der Waals surface area contributed by atoms with E-state index in [1.165, 1.54) is 18.4 Å². The first-order valence-electron chi connectivity index (χ1n) is 3.93. The molecule has 11 heavy (non-hydrogen) atoms. The number of rotatable bonds is 1. The highest BCUT2D eigenvalue weighted by Crippen LogP contribution is 2.24. The number of terminal acetylenes is 1. The Hall–Kier alpha value is -1.18. The van der Waals surface area contributed by atoms with Crippen LogP contribution in [-0.2, 0) is 0 Å². The fraction of sp³-hybridized carbons (Fsp3) is 0.364. The van der Waals surface area contributed by atoms with Crippen LogP contribution in [0.25, 0.3) is 0 Å². The zero-order chi connectivity index (χ0) is 8.10. The maximum atomic E-state index is 5.35. The fourth-order valence-electron chi connectivity index (χ4n) is 1.38. The molecule has 0 unspecified atom stereocenters. The molecule has 0 fully saturated rings. The van der Waals surface area contributed by atoms with E-state index in [0.29, 0.717) is 0 Å². The van der Waals surface area contributed by atoms with Gasteiger partial charge in [0.1, 0.15) is 0 Å². The van der Waals surface area contributed by atoms with Crippen LogP contribution in [0.3, 0.4) is 0 Å². The van der Waals surface area contributed by atoms with Crippen LogP contribution in [0.1, 0.15) is 25.7 Å². The third kappa shape index (κ3) is 1.87. The second kappa shape index (κ2) is 3.86. The standard InChI is InChI=1S/C11H12/c1-3-7-11-9-6-5-8-10(11)4-2/h2,7H,1,5-6,8-9H2. The molecule has 0 N–H and O–H groups in total. The average molecular weight is 144 g/mol. The van der Waals surface area contributed by atoms with Gasteiger partial charge in [-0.2, -0.15) is 0 Å². The minimum atomic E-state index is 1.06. The third-order valence-electron chi connectivity index (χ3n) is 1.96. The van der Waals surface area contributed by atoms with E-state index < -0.39 is 0 Å². The Balaban J connectivity index is 2.92. The normalized spacial score (nSPS) is 17.0. The minimum absolute atomic E-state index is 1.06. The molecule has 56 valence electrons. The van der Waals surface area contributed by atoms with Crippen LogP contribution in [-0.4, -0.2) is 0 Å². The number of hydrogen-bond acceptors (Lipinski definition) is 0. The van der Waals surface area contributed by atoms with Crippen LogP contribution in [0.2, 0.25) is 0 Å². The number of hydrogen-bond donors (Lipinski definition) is 0. The fourth-order valence-corrected chi connectivity index (χ4v) is 1.38. The maximum absolute atomic E-state index is 5.35. The molecular weight excluding hydrogens is 132 g/mol. The molecule has 0 heteroatoms. The molecular formula is C11H12. The summed E-state index contributed by atoms with van der Waals surface area (Å²) in [6.07, 6.45) is 11.9. The van der Waals surface area contributed by atoms with Gasteiger partial charge >= 0.3 is 0 Å². The third-order valence-corrected chi connectivity index (χ3v) is 1.96. The van der Waals surface area contributed by atoms with Gasteiger partial charge in [0.05, 0.1) is 0 Å². The Morgan fingerprint density at radius 3 is 2.73 bits per heavy atom. The van der Waals surface area contributed by atoms with Crippen molar-refractivity contribution in [1.82, 2.24) is 0 Å². The van der Waals surface area contributed by atoms with E-state index in [-0.39, 0.29) is 0 Å². The molecule has 0 aromatic heterocycles. The van der Waals surface area contributed by atoms with Gasteiger partial charge in [-0.3, -0.25) is 0 Å². The molecule has 0 nitrogen and oxygen atoms in total. The van der Waals surface area contributed by atoms with Crippen molar-refractivity contribution >= 4 is 0 Å². The van der Waals surface area contributed by atoms with Crippen molar-refractivity contribution in [3.05, 3.63) is 29.5 Å². The van der Waals surface area contributed by atoms with Gasteiger partial charge in [-0.25, -0.2) is 0 Å². The monoisotopic (exact) mass is 144 g/mol. The van der Waals surface area contributed by atoms with Crippen molar-refractivity contribution in [2.45, 2.75) is 25.7 Å². The van der Waals surface area contributed by atoms with Gasteiger partial charge in [0, 0.05) is 5.57 Å². The van der Waals surface area contributed by atoms with Crippen molar-refractivity contribution in [3.63, 3.8) is 0 Å². The van der Waals surface area contributed by atoms with Crippen molar-refractivity contribution in [3.8, 4) is 12.3 Å². The summed E-state index contributed by atoms with van der Waals surface area (Å²) in [6.45, 7) is 3.54. The summed E-state index contributed by atoms with van der Waals surface area (Å²) in [4.78, 5) is 0. The molecule has 0 aliphatic heterocycles.